The standard InChI is InChI=1S/C37H45N3O10S3/c1-6-21-38-35(41)16-11-8-12-22-39-31-19-17-27(52(45,46)47)25-29(31)36(2,3)33(39)14-9-7-10-15-34-37(4,5)30-26-28(53(48,49)50)18-20-32(30)40(34)23-13-24-51(42,43)44/h1,7,9-10,14-15,17-20,25-26H,8,11-13,16,21-24H2,2-5H3,(H3-,38,41,42,43,44,45,46,47,48,49,50)/p+1. The normalized spacial score (nSPS) is 17.5. The minimum atomic E-state index is -4.48. The Morgan fingerprint density at radius 2 is 1.49 bits per heavy atom. The Kier molecular flexibility index (Phi) is 12.6. The first-order chi connectivity index (χ1) is 24.6. The van der Waals surface area contributed by atoms with Gasteiger partial charge < -0.3 is 10.2 Å². The van der Waals surface area contributed by atoms with Gasteiger partial charge in [-0.25, -0.2) is 0 Å². The average molecular weight is 789 g/mol. The number of anilines is 1. The van der Waals surface area contributed by atoms with Crippen LogP contribution in [0.15, 0.2) is 82.3 Å². The Labute approximate surface area is 312 Å². The molecule has 4 rings (SSSR count). The smallest absolute Gasteiger partial charge is 0.294 e. The number of benzene rings is 2. The van der Waals surface area contributed by atoms with Gasteiger partial charge in [0.1, 0.15) is 6.54 Å². The monoisotopic (exact) mass is 788 g/mol. The van der Waals surface area contributed by atoms with Crippen LogP contribution >= 0.6 is 0 Å². The van der Waals surface area contributed by atoms with Crippen LogP contribution in [0.3, 0.4) is 0 Å². The molecule has 0 spiro atoms. The molecule has 0 atom stereocenters. The molecule has 0 radical (unpaired) electrons. The molecule has 0 fully saturated rings. The molecule has 2 aromatic carbocycles. The summed E-state index contributed by atoms with van der Waals surface area (Å²) in [6.45, 7) is 8.66. The van der Waals surface area contributed by atoms with Gasteiger partial charge in [-0.15, -0.1) is 6.42 Å². The van der Waals surface area contributed by atoms with E-state index in [-0.39, 0.29) is 35.2 Å². The maximum absolute atomic E-state index is 12.0. The number of nitrogens with one attached hydrogen (secondary N) is 1. The van der Waals surface area contributed by atoms with E-state index in [1.54, 1.807) is 24.3 Å². The Hall–Kier alpha value is -4.11. The topological polar surface area (TPSA) is 198 Å². The van der Waals surface area contributed by atoms with Gasteiger partial charge in [-0.05, 0) is 68.7 Å². The second-order valence-corrected chi connectivity index (χ2v) is 18.4. The first-order valence-corrected chi connectivity index (χ1v) is 21.5. The third-order valence-corrected chi connectivity index (χ3v) is 12.0. The number of nitrogens with zero attached hydrogens (tertiary/aromatic N) is 2. The van der Waals surface area contributed by atoms with Crippen molar-refractivity contribution in [2.24, 2.45) is 0 Å². The fourth-order valence-corrected chi connectivity index (χ4v) is 8.35. The molecular weight excluding hydrogens is 743 g/mol. The number of carbonyl (C=O) groups excluding carboxylic acids is 1. The Balaban J connectivity index is 1.64. The minimum Gasteiger partial charge on any atom is -0.345 e. The van der Waals surface area contributed by atoms with E-state index in [9.17, 15) is 43.7 Å². The summed E-state index contributed by atoms with van der Waals surface area (Å²) < 4.78 is 101. The van der Waals surface area contributed by atoms with E-state index in [1.165, 1.54) is 24.3 Å². The van der Waals surface area contributed by atoms with Crippen molar-refractivity contribution in [3.8, 4) is 12.3 Å². The van der Waals surface area contributed by atoms with Crippen molar-refractivity contribution < 1.29 is 48.3 Å². The predicted molar refractivity (Wildman–Crippen MR) is 203 cm³/mol. The lowest BCUT2D eigenvalue weighted by Crippen LogP contribution is -2.28. The summed E-state index contributed by atoms with van der Waals surface area (Å²) in [5.41, 5.74) is 2.98. The van der Waals surface area contributed by atoms with Crippen LogP contribution < -0.4 is 10.2 Å². The largest absolute Gasteiger partial charge is 0.345 e. The second kappa shape index (κ2) is 16.1. The van der Waals surface area contributed by atoms with Gasteiger partial charge in [0.25, 0.3) is 30.4 Å². The van der Waals surface area contributed by atoms with Crippen LogP contribution in [-0.2, 0) is 46.0 Å². The van der Waals surface area contributed by atoms with Gasteiger partial charge in [-0.1, -0.05) is 44.4 Å². The van der Waals surface area contributed by atoms with Gasteiger partial charge in [-0.2, -0.15) is 29.8 Å². The molecular formula is C37H46N3O10S3+. The molecule has 0 saturated heterocycles. The number of fused-ring (bicyclic) bond motifs is 2. The highest BCUT2D eigenvalue weighted by Gasteiger charge is 2.45. The van der Waals surface area contributed by atoms with Gasteiger partial charge in [-0.3, -0.25) is 18.5 Å². The van der Waals surface area contributed by atoms with Gasteiger partial charge in [0, 0.05) is 53.9 Å². The van der Waals surface area contributed by atoms with Crippen LogP contribution in [0.4, 0.5) is 11.4 Å². The molecule has 16 heteroatoms. The molecule has 53 heavy (non-hydrogen) atoms. The SMILES string of the molecule is C#CCNC(=O)CCCCCN1\C(=C/C=C/C=C/C2=[N+](CCCS(=O)(=O)O)c3ccc(S(=O)(=O)O)cc3C2(C)C)C(C)(C)c2cc(S(=O)(=O)O)ccc21. The van der Waals surface area contributed by atoms with Gasteiger partial charge in [0.2, 0.25) is 11.6 Å². The summed E-state index contributed by atoms with van der Waals surface area (Å²) in [7, 11) is -13.1. The average Bonchev–Trinajstić information content (AvgIpc) is 3.39. The summed E-state index contributed by atoms with van der Waals surface area (Å²) >= 11 is 0. The quantitative estimate of drug-likeness (QED) is 0.0591. The first-order valence-electron chi connectivity index (χ1n) is 17.0. The van der Waals surface area contributed by atoms with Gasteiger partial charge >= 0.3 is 0 Å². The van der Waals surface area contributed by atoms with Crippen LogP contribution in [-0.4, -0.2) is 80.5 Å². The zero-order chi connectivity index (χ0) is 39.4. The molecule has 2 aliphatic rings. The van der Waals surface area contributed by atoms with Crippen molar-refractivity contribution in [2.45, 2.75) is 80.4 Å². The highest BCUT2D eigenvalue weighted by atomic mass is 32.2. The van der Waals surface area contributed by atoms with E-state index in [2.05, 4.69) is 16.1 Å². The van der Waals surface area contributed by atoms with Crippen LogP contribution in [0.2, 0.25) is 0 Å². The fourth-order valence-electron chi connectivity index (χ4n) is 6.84. The van der Waals surface area contributed by atoms with Crippen molar-refractivity contribution in [3.63, 3.8) is 0 Å². The zero-order valence-electron chi connectivity index (χ0n) is 30.1. The van der Waals surface area contributed by atoms with E-state index in [1.807, 2.05) is 50.5 Å². The molecule has 0 aromatic heterocycles. The highest BCUT2D eigenvalue weighted by molar-refractivity contribution is 7.86. The summed E-state index contributed by atoms with van der Waals surface area (Å²) in [4.78, 5) is 13.6. The first kappa shape index (κ1) is 41.6. The lowest BCUT2D eigenvalue weighted by atomic mass is 9.81. The highest BCUT2D eigenvalue weighted by Crippen LogP contribution is 2.48. The van der Waals surface area contributed by atoms with Crippen LogP contribution in [0, 0.1) is 12.3 Å². The number of carbonyl (C=O) groups is 1. The number of unbranched alkanes of at least 4 members (excludes halogenated alkanes) is 2. The molecule has 0 bridgehead atoms. The summed E-state index contributed by atoms with van der Waals surface area (Å²) in [5.74, 6) is 1.80. The lowest BCUT2D eigenvalue weighted by Gasteiger charge is -2.27. The zero-order valence-corrected chi connectivity index (χ0v) is 32.6. The van der Waals surface area contributed by atoms with E-state index in [0.29, 0.717) is 30.6 Å². The molecule has 0 unspecified atom stereocenters. The summed E-state index contributed by atoms with van der Waals surface area (Å²) in [6.07, 6.45) is 17.0. The Morgan fingerprint density at radius 3 is 2.11 bits per heavy atom. The maximum atomic E-state index is 12.0. The van der Waals surface area contributed by atoms with Crippen molar-refractivity contribution >= 4 is 53.3 Å². The van der Waals surface area contributed by atoms with Crippen LogP contribution in [0.25, 0.3) is 0 Å². The summed E-state index contributed by atoms with van der Waals surface area (Å²) in [5, 5.41) is 2.65. The second-order valence-electron chi connectivity index (χ2n) is 14.0. The van der Waals surface area contributed by atoms with E-state index in [0.717, 1.165) is 35.5 Å². The van der Waals surface area contributed by atoms with Crippen LogP contribution in [0.5, 0.6) is 0 Å². The van der Waals surface area contributed by atoms with Crippen molar-refractivity contribution in [1.29, 1.82) is 0 Å². The fraction of sp³-hybridized carbons (Fsp3) is 0.405. The molecule has 286 valence electrons. The summed E-state index contributed by atoms with van der Waals surface area (Å²) in [6, 6.07) is 8.77. The molecule has 13 nitrogen and oxygen atoms in total. The number of hydrogen-bond donors (Lipinski definition) is 4. The molecule has 2 heterocycles. The maximum Gasteiger partial charge on any atom is 0.294 e. The third kappa shape index (κ3) is 9.91. The predicted octanol–water partition coefficient (Wildman–Crippen LogP) is 4.94. The van der Waals surface area contributed by atoms with E-state index >= 15 is 0 Å². The van der Waals surface area contributed by atoms with Crippen molar-refractivity contribution in [1.82, 2.24) is 5.32 Å². The molecule has 2 aromatic rings. The van der Waals surface area contributed by atoms with Crippen LogP contribution in [0.1, 0.15) is 70.9 Å². The molecule has 4 N–H and O–H groups in total. The number of allylic oxidation sites excluding steroid dienone is 6. The van der Waals surface area contributed by atoms with Gasteiger partial charge in [0.05, 0.1) is 27.5 Å². The number of rotatable bonds is 16. The molecule has 2 aliphatic heterocycles. The number of hydrogen-bond acceptors (Lipinski definition) is 8. The van der Waals surface area contributed by atoms with E-state index < -0.39 is 46.9 Å². The minimum absolute atomic E-state index is 0.0947. The van der Waals surface area contributed by atoms with Gasteiger partial charge in [0.15, 0.2) is 5.71 Å². The Morgan fingerprint density at radius 1 is 0.849 bits per heavy atom. The third-order valence-electron chi connectivity index (χ3n) is 9.51. The lowest BCUT2D eigenvalue weighted by molar-refractivity contribution is -0.437. The van der Waals surface area contributed by atoms with E-state index in [4.69, 9.17) is 6.42 Å². The molecule has 0 saturated carbocycles. The Bertz CT molecular complexity index is 2260. The van der Waals surface area contributed by atoms with Crippen molar-refractivity contribution in [3.05, 3.63) is 83.6 Å². The molecule has 1 amide bonds. The molecule has 0 aliphatic carbocycles. The number of amides is 1. The van der Waals surface area contributed by atoms with Crippen molar-refractivity contribution in [2.75, 3.05) is 30.3 Å². The number of terminal acetylenes is 1.